The van der Waals surface area contributed by atoms with Gasteiger partial charge in [-0.05, 0) is 35.9 Å². The first-order valence-electron chi connectivity index (χ1n) is 7.65. The van der Waals surface area contributed by atoms with E-state index >= 15 is 0 Å². The van der Waals surface area contributed by atoms with Gasteiger partial charge in [0, 0.05) is 5.56 Å². The molecule has 0 aliphatic carbocycles. The number of amides is 1. The van der Waals surface area contributed by atoms with E-state index in [2.05, 4.69) is 10.5 Å². The average molecular weight is 349 g/mol. The van der Waals surface area contributed by atoms with Crippen LogP contribution in [0, 0.1) is 11.3 Å². The van der Waals surface area contributed by atoms with Crippen molar-refractivity contribution in [3.05, 3.63) is 59.8 Å². The summed E-state index contributed by atoms with van der Waals surface area (Å²) in [4.78, 5) is 12.4. The summed E-state index contributed by atoms with van der Waals surface area (Å²) in [6.45, 7) is 0. The van der Waals surface area contributed by atoms with Crippen molar-refractivity contribution in [3.8, 4) is 28.7 Å². The van der Waals surface area contributed by atoms with E-state index in [4.69, 9.17) is 19.3 Å². The fraction of sp³-hybridized carbons (Fsp3) is 0.105. The molecule has 0 radical (unpaired) electrons. The number of aromatic nitrogens is 1. The Hall–Kier alpha value is -3.79. The van der Waals surface area contributed by atoms with Crippen LogP contribution in [0.5, 0.6) is 11.5 Å². The van der Waals surface area contributed by atoms with Crippen molar-refractivity contribution in [2.75, 3.05) is 19.5 Å². The van der Waals surface area contributed by atoms with E-state index in [0.29, 0.717) is 28.2 Å². The molecule has 0 aliphatic heterocycles. The highest BCUT2D eigenvalue weighted by atomic mass is 16.5. The molecule has 26 heavy (non-hydrogen) atoms. The molecule has 7 heteroatoms. The number of hydrogen-bond acceptors (Lipinski definition) is 6. The van der Waals surface area contributed by atoms with Crippen molar-refractivity contribution in [3.63, 3.8) is 0 Å². The van der Waals surface area contributed by atoms with Gasteiger partial charge in [0.2, 0.25) is 5.88 Å². The van der Waals surface area contributed by atoms with E-state index in [1.54, 1.807) is 50.6 Å². The van der Waals surface area contributed by atoms with Crippen LogP contribution in [-0.2, 0) is 0 Å². The van der Waals surface area contributed by atoms with Crippen molar-refractivity contribution in [2.45, 2.75) is 0 Å². The molecule has 130 valence electrons. The minimum atomic E-state index is -0.402. The predicted molar refractivity (Wildman–Crippen MR) is 94.2 cm³/mol. The third-order valence-electron chi connectivity index (χ3n) is 3.75. The smallest absolute Gasteiger partial charge is 0.258 e. The Kier molecular flexibility index (Phi) is 4.85. The lowest BCUT2D eigenvalue weighted by atomic mass is 10.1. The number of carbonyl (C=O) groups is 1. The van der Waals surface area contributed by atoms with Crippen molar-refractivity contribution < 1.29 is 18.8 Å². The summed E-state index contributed by atoms with van der Waals surface area (Å²) in [6, 6.07) is 13.7. The molecule has 2 aromatic carbocycles. The molecule has 3 aromatic rings. The second-order valence-corrected chi connectivity index (χ2v) is 5.29. The van der Waals surface area contributed by atoms with Gasteiger partial charge < -0.3 is 14.0 Å². The second-order valence-electron chi connectivity index (χ2n) is 5.29. The zero-order valence-electron chi connectivity index (χ0n) is 14.1. The molecule has 0 bridgehead atoms. The van der Waals surface area contributed by atoms with Gasteiger partial charge in [0.15, 0.2) is 11.5 Å². The fourth-order valence-electron chi connectivity index (χ4n) is 2.44. The monoisotopic (exact) mass is 349 g/mol. The normalized spacial score (nSPS) is 10.0. The summed E-state index contributed by atoms with van der Waals surface area (Å²) in [5.41, 5.74) is 2.08. The van der Waals surface area contributed by atoms with Crippen LogP contribution in [0.3, 0.4) is 0 Å². The number of methoxy groups -OCH3 is 2. The molecule has 7 nitrogen and oxygen atoms in total. The van der Waals surface area contributed by atoms with Crippen LogP contribution in [0.15, 0.2) is 53.2 Å². The average Bonchev–Trinajstić information content (AvgIpc) is 3.15. The van der Waals surface area contributed by atoms with Gasteiger partial charge in [-0.2, -0.15) is 5.26 Å². The largest absolute Gasteiger partial charge is 0.493 e. The Morgan fingerprint density at radius 1 is 1.15 bits per heavy atom. The number of hydrogen-bond donors (Lipinski definition) is 1. The van der Waals surface area contributed by atoms with Gasteiger partial charge in [0.25, 0.3) is 5.91 Å². The molecule has 1 amide bonds. The molecule has 0 saturated heterocycles. The Morgan fingerprint density at radius 2 is 1.96 bits per heavy atom. The number of ether oxygens (including phenoxy) is 2. The van der Waals surface area contributed by atoms with Gasteiger partial charge >= 0.3 is 0 Å². The molecule has 0 aliphatic rings. The number of anilines is 1. The molecule has 1 aromatic heterocycles. The summed E-state index contributed by atoms with van der Waals surface area (Å²) < 4.78 is 15.7. The quantitative estimate of drug-likeness (QED) is 0.757. The van der Waals surface area contributed by atoms with Crippen molar-refractivity contribution in [1.82, 2.24) is 5.16 Å². The van der Waals surface area contributed by atoms with E-state index in [9.17, 15) is 4.79 Å². The molecule has 0 spiro atoms. The Morgan fingerprint density at radius 3 is 2.69 bits per heavy atom. The maximum Gasteiger partial charge on any atom is 0.258 e. The SMILES string of the molecule is COc1ccc(-c2cnoc2NC(=O)c2cccc(C#N)c2)cc1OC. The maximum absolute atomic E-state index is 12.4. The Balaban J connectivity index is 1.89. The van der Waals surface area contributed by atoms with Crippen LogP contribution < -0.4 is 14.8 Å². The lowest BCUT2D eigenvalue weighted by molar-refractivity contribution is 0.102. The maximum atomic E-state index is 12.4. The van der Waals surface area contributed by atoms with E-state index < -0.39 is 5.91 Å². The highest BCUT2D eigenvalue weighted by Crippen LogP contribution is 2.35. The zero-order valence-corrected chi connectivity index (χ0v) is 14.1. The van der Waals surface area contributed by atoms with Crippen LogP contribution in [0.25, 0.3) is 11.1 Å². The molecular weight excluding hydrogens is 334 g/mol. The van der Waals surface area contributed by atoms with Gasteiger partial charge in [-0.3, -0.25) is 10.1 Å². The van der Waals surface area contributed by atoms with Crippen LogP contribution in [0.4, 0.5) is 5.88 Å². The number of nitrogens with one attached hydrogen (secondary N) is 1. The van der Waals surface area contributed by atoms with Crippen LogP contribution in [-0.4, -0.2) is 25.3 Å². The lowest BCUT2D eigenvalue weighted by Gasteiger charge is -2.09. The highest BCUT2D eigenvalue weighted by molar-refractivity contribution is 6.05. The van der Waals surface area contributed by atoms with Crippen LogP contribution >= 0.6 is 0 Å². The number of rotatable bonds is 5. The summed E-state index contributed by atoms with van der Waals surface area (Å²) in [6.07, 6.45) is 1.50. The molecule has 0 unspecified atom stereocenters. The number of nitrogens with zero attached hydrogens (tertiary/aromatic N) is 2. The Labute approximate surface area is 149 Å². The van der Waals surface area contributed by atoms with E-state index in [1.807, 2.05) is 6.07 Å². The van der Waals surface area contributed by atoms with Crippen molar-refractivity contribution in [1.29, 1.82) is 5.26 Å². The third kappa shape index (κ3) is 3.35. The first-order valence-corrected chi connectivity index (χ1v) is 7.65. The zero-order chi connectivity index (χ0) is 18.5. The number of nitriles is 1. The first kappa shape index (κ1) is 17.0. The molecular formula is C19H15N3O4. The summed E-state index contributed by atoms with van der Waals surface area (Å²) in [7, 11) is 3.10. The highest BCUT2D eigenvalue weighted by Gasteiger charge is 2.16. The molecule has 1 N–H and O–H groups in total. The summed E-state index contributed by atoms with van der Waals surface area (Å²) in [5, 5.41) is 15.4. The van der Waals surface area contributed by atoms with Crippen LogP contribution in [0.1, 0.15) is 15.9 Å². The molecule has 0 atom stereocenters. The van der Waals surface area contributed by atoms with Crippen molar-refractivity contribution in [2.24, 2.45) is 0 Å². The van der Waals surface area contributed by atoms with Crippen molar-refractivity contribution >= 4 is 11.8 Å². The van der Waals surface area contributed by atoms with Gasteiger partial charge in [0.05, 0.1) is 37.6 Å². The molecule has 3 rings (SSSR count). The lowest BCUT2D eigenvalue weighted by Crippen LogP contribution is -2.12. The summed E-state index contributed by atoms with van der Waals surface area (Å²) >= 11 is 0. The number of carbonyl (C=O) groups excluding carboxylic acids is 1. The summed E-state index contributed by atoms with van der Waals surface area (Å²) in [5.74, 6) is 0.932. The predicted octanol–water partition coefficient (Wildman–Crippen LogP) is 3.48. The van der Waals surface area contributed by atoms with E-state index in [-0.39, 0.29) is 5.88 Å². The standard InChI is InChI=1S/C19H15N3O4/c1-24-16-7-6-13(9-17(16)25-2)15-11-21-26-19(15)22-18(23)14-5-3-4-12(8-14)10-20/h3-9,11H,1-2H3,(H,22,23). The first-order chi connectivity index (χ1) is 12.7. The van der Waals surface area contributed by atoms with Gasteiger partial charge in [-0.25, -0.2) is 0 Å². The van der Waals surface area contributed by atoms with E-state index in [1.165, 1.54) is 12.3 Å². The van der Waals surface area contributed by atoms with Gasteiger partial charge in [-0.1, -0.05) is 17.3 Å². The fourth-order valence-corrected chi connectivity index (χ4v) is 2.44. The molecule has 0 fully saturated rings. The minimum absolute atomic E-state index is 0.199. The van der Waals surface area contributed by atoms with Gasteiger partial charge in [0.1, 0.15) is 0 Å². The van der Waals surface area contributed by atoms with E-state index in [0.717, 1.165) is 5.56 Å². The third-order valence-corrected chi connectivity index (χ3v) is 3.75. The number of benzene rings is 2. The Bertz CT molecular complexity index is 988. The van der Waals surface area contributed by atoms with Crippen LogP contribution in [0.2, 0.25) is 0 Å². The topological polar surface area (TPSA) is 97.4 Å². The van der Waals surface area contributed by atoms with Gasteiger partial charge in [-0.15, -0.1) is 0 Å². The molecule has 1 heterocycles. The second kappa shape index (κ2) is 7.40. The minimum Gasteiger partial charge on any atom is -0.493 e. The molecule has 0 saturated carbocycles.